The maximum Gasteiger partial charge on any atom is 0.273 e. The van der Waals surface area contributed by atoms with E-state index in [-0.39, 0.29) is 22.4 Å². The number of thioether (sulfide) groups is 1. The van der Waals surface area contributed by atoms with Crippen LogP contribution in [0.1, 0.15) is 11.3 Å². The fourth-order valence-electron chi connectivity index (χ4n) is 2.54. The van der Waals surface area contributed by atoms with Gasteiger partial charge < -0.3 is 14.8 Å². The number of aromatic nitrogens is 3. The van der Waals surface area contributed by atoms with Crippen molar-refractivity contribution in [3.63, 3.8) is 0 Å². The minimum Gasteiger partial charge on any atom is -0.497 e. The average Bonchev–Trinajstić information content (AvgIpc) is 2.75. The number of benzene rings is 2. The molecule has 0 saturated carbocycles. The zero-order chi connectivity index (χ0) is 20.6. The van der Waals surface area contributed by atoms with Gasteiger partial charge in [-0.1, -0.05) is 42.1 Å². The molecule has 1 amide bonds. The van der Waals surface area contributed by atoms with Crippen LogP contribution in [0.25, 0.3) is 0 Å². The molecule has 0 fully saturated rings. The summed E-state index contributed by atoms with van der Waals surface area (Å²) in [5.74, 6) is 0.894. The number of nitrogens with one attached hydrogen (secondary N) is 2. The van der Waals surface area contributed by atoms with Crippen molar-refractivity contribution >= 4 is 23.4 Å². The second-order valence-corrected chi connectivity index (χ2v) is 6.94. The van der Waals surface area contributed by atoms with E-state index in [0.717, 1.165) is 17.3 Å². The number of methoxy groups -OCH3 is 2. The van der Waals surface area contributed by atoms with Gasteiger partial charge in [0.05, 0.1) is 25.7 Å². The Morgan fingerprint density at radius 1 is 1.10 bits per heavy atom. The largest absolute Gasteiger partial charge is 0.497 e. The predicted octanol–water partition coefficient (Wildman–Crippen LogP) is 2.50. The minimum atomic E-state index is -0.316. The van der Waals surface area contributed by atoms with Gasteiger partial charge in [-0.3, -0.25) is 14.6 Å². The molecule has 0 aliphatic carbocycles. The predicted molar refractivity (Wildman–Crippen MR) is 111 cm³/mol. The number of hydrogen-bond donors (Lipinski definition) is 2. The smallest absolute Gasteiger partial charge is 0.273 e. The molecule has 0 bridgehead atoms. The Balaban J connectivity index is 1.59. The Labute approximate surface area is 171 Å². The van der Waals surface area contributed by atoms with Crippen molar-refractivity contribution in [2.45, 2.75) is 11.6 Å². The van der Waals surface area contributed by atoms with Crippen molar-refractivity contribution in [1.82, 2.24) is 15.2 Å². The first kappa shape index (κ1) is 20.4. The Bertz CT molecular complexity index is 1040. The third kappa shape index (κ3) is 5.58. The van der Waals surface area contributed by atoms with Crippen LogP contribution in [0.3, 0.4) is 0 Å². The van der Waals surface area contributed by atoms with Crippen LogP contribution in [0, 0.1) is 0 Å². The number of nitrogens with zero attached hydrogens (tertiary/aromatic N) is 2. The van der Waals surface area contributed by atoms with E-state index in [1.807, 2.05) is 30.3 Å². The Morgan fingerprint density at radius 2 is 1.90 bits per heavy atom. The van der Waals surface area contributed by atoms with Crippen LogP contribution in [0.5, 0.6) is 11.5 Å². The molecule has 0 spiro atoms. The molecule has 1 heterocycles. The van der Waals surface area contributed by atoms with E-state index < -0.39 is 0 Å². The van der Waals surface area contributed by atoms with Crippen LogP contribution in [-0.2, 0) is 11.2 Å². The molecule has 1 aromatic heterocycles. The first-order valence-electron chi connectivity index (χ1n) is 8.73. The van der Waals surface area contributed by atoms with Gasteiger partial charge in [-0.05, 0) is 17.7 Å². The summed E-state index contributed by atoms with van der Waals surface area (Å²) >= 11 is 1.09. The van der Waals surface area contributed by atoms with Crippen molar-refractivity contribution in [3.05, 3.63) is 70.1 Å². The monoisotopic (exact) mass is 412 g/mol. The topological polar surface area (TPSA) is 106 Å². The molecule has 2 aromatic carbocycles. The van der Waals surface area contributed by atoms with Crippen LogP contribution in [-0.4, -0.2) is 41.1 Å². The molecule has 0 aliphatic heterocycles. The van der Waals surface area contributed by atoms with Crippen molar-refractivity contribution in [2.24, 2.45) is 0 Å². The molecule has 2 N–H and O–H groups in total. The standard InChI is InChI=1S/C20H20N4O4S/c1-27-14-8-9-15(17(11-14)28-2)21-18(25)12-29-20-22-19(26)16(23-24-20)10-13-6-4-3-5-7-13/h3-9,11H,10,12H2,1-2H3,(H,21,25)(H,22,24,26). The molecule has 0 saturated heterocycles. The van der Waals surface area contributed by atoms with Gasteiger partial charge in [-0.15, -0.1) is 10.2 Å². The highest BCUT2D eigenvalue weighted by Gasteiger charge is 2.11. The Hall–Kier alpha value is -3.33. The van der Waals surface area contributed by atoms with Gasteiger partial charge >= 0.3 is 0 Å². The minimum absolute atomic E-state index is 0.0534. The summed E-state index contributed by atoms with van der Waals surface area (Å²) in [4.78, 5) is 27.1. The lowest BCUT2D eigenvalue weighted by Crippen LogP contribution is -2.19. The van der Waals surface area contributed by atoms with Gasteiger partial charge in [0.2, 0.25) is 5.91 Å². The van der Waals surface area contributed by atoms with Gasteiger partial charge in [0.1, 0.15) is 17.2 Å². The molecule has 9 heteroatoms. The quantitative estimate of drug-likeness (QED) is 0.548. The third-order valence-electron chi connectivity index (χ3n) is 3.98. The summed E-state index contributed by atoms with van der Waals surface area (Å²) in [6.45, 7) is 0. The van der Waals surface area contributed by atoms with Gasteiger partial charge in [0, 0.05) is 12.5 Å². The lowest BCUT2D eigenvalue weighted by Gasteiger charge is -2.11. The second-order valence-electron chi connectivity index (χ2n) is 5.97. The van der Waals surface area contributed by atoms with Crippen molar-refractivity contribution in [1.29, 1.82) is 0 Å². The number of rotatable bonds is 8. The van der Waals surface area contributed by atoms with Crippen molar-refractivity contribution < 1.29 is 14.3 Å². The number of anilines is 1. The van der Waals surface area contributed by atoms with Gasteiger partial charge in [-0.2, -0.15) is 0 Å². The number of amides is 1. The molecule has 29 heavy (non-hydrogen) atoms. The summed E-state index contributed by atoms with van der Waals surface area (Å²) in [5.41, 5.74) is 1.51. The maximum atomic E-state index is 12.2. The summed E-state index contributed by atoms with van der Waals surface area (Å²) in [5, 5.41) is 11.1. The number of H-pyrrole nitrogens is 1. The van der Waals surface area contributed by atoms with Crippen LogP contribution in [0.15, 0.2) is 58.5 Å². The molecule has 8 nitrogen and oxygen atoms in total. The molecular formula is C20H20N4O4S. The van der Waals surface area contributed by atoms with Crippen LogP contribution >= 0.6 is 11.8 Å². The lowest BCUT2D eigenvalue weighted by atomic mass is 10.1. The SMILES string of the molecule is COc1ccc(NC(=O)CSc2nnc(Cc3ccccc3)c(=O)[nH]2)c(OC)c1. The molecule has 3 aromatic rings. The molecule has 0 aliphatic rings. The fraction of sp³-hybridized carbons (Fsp3) is 0.200. The molecule has 0 atom stereocenters. The third-order valence-corrected chi connectivity index (χ3v) is 4.84. The van der Waals surface area contributed by atoms with E-state index in [1.54, 1.807) is 25.3 Å². The van der Waals surface area contributed by atoms with Gasteiger partial charge in [0.25, 0.3) is 5.56 Å². The van der Waals surface area contributed by atoms with E-state index in [2.05, 4.69) is 20.5 Å². The van der Waals surface area contributed by atoms with E-state index in [9.17, 15) is 9.59 Å². The van der Waals surface area contributed by atoms with Crippen LogP contribution in [0.2, 0.25) is 0 Å². The van der Waals surface area contributed by atoms with E-state index >= 15 is 0 Å². The zero-order valence-corrected chi connectivity index (χ0v) is 16.8. The van der Waals surface area contributed by atoms with Gasteiger partial charge in [0.15, 0.2) is 5.16 Å². The highest BCUT2D eigenvalue weighted by atomic mass is 32.2. The molecule has 3 rings (SSSR count). The number of carbonyl (C=O) groups excluding carboxylic acids is 1. The second kappa shape index (κ2) is 9.74. The van der Waals surface area contributed by atoms with E-state index in [4.69, 9.17) is 9.47 Å². The number of carbonyl (C=O) groups is 1. The van der Waals surface area contributed by atoms with Gasteiger partial charge in [-0.25, -0.2) is 0 Å². The van der Waals surface area contributed by atoms with E-state index in [0.29, 0.717) is 29.3 Å². The first-order valence-corrected chi connectivity index (χ1v) is 9.72. The highest BCUT2D eigenvalue weighted by Crippen LogP contribution is 2.29. The zero-order valence-electron chi connectivity index (χ0n) is 16.0. The summed E-state index contributed by atoms with van der Waals surface area (Å²) in [7, 11) is 3.06. The highest BCUT2D eigenvalue weighted by molar-refractivity contribution is 7.99. The fourth-order valence-corrected chi connectivity index (χ4v) is 3.14. The molecular weight excluding hydrogens is 392 g/mol. The van der Waals surface area contributed by atoms with E-state index in [1.165, 1.54) is 7.11 Å². The number of ether oxygens (including phenoxy) is 2. The maximum absolute atomic E-state index is 12.2. The number of hydrogen-bond acceptors (Lipinski definition) is 7. The molecule has 0 radical (unpaired) electrons. The van der Waals surface area contributed by atoms with Crippen LogP contribution in [0.4, 0.5) is 5.69 Å². The van der Waals surface area contributed by atoms with Crippen molar-refractivity contribution in [2.75, 3.05) is 25.3 Å². The van der Waals surface area contributed by atoms with Crippen LogP contribution < -0.4 is 20.3 Å². The Kier molecular flexibility index (Phi) is 6.85. The first-order chi connectivity index (χ1) is 14.1. The number of aromatic amines is 1. The molecule has 150 valence electrons. The summed E-state index contributed by atoms with van der Waals surface area (Å²) in [6.07, 6.45) is 0.395. The summed E-state index contributed by atoms with van der Waals surface area (Å²) < 4.78 is 10.4. The lowest BCUT2D eigenvalue weighted by molar-refractivity contribution is -0.113. The molecule has 0 unspecified atom stereocenters. The van der Waals surface area contributed by atoms with Crippen molar-refractivity contribution in [3.8, 4) is 11.5 Å². The summed E-state index contributed by atoms with van der Waals surface area (Å²) in [6, 6.07) is 14.6. The average molecular weight is 412 g/mol. The Morgan fingerprint density at radius 3 is 2.59 bits per heavy atom. The normalized spacial score (nSPS) is 10.4.